The van der Waals surface area contributed by atoms with Gasteiger partial charge in [0, 0.05) is 30.8 Å². The molecule has 1 saturated carbocycles. The van der Waals surface area contributed by atoms with Gasteiger partial charge in [0.1, 0.15) is 0 Å². The molecule has 1 heterocycles. The number of nitrogens with two attached hydrogens (primary N) is 1. The topological polar surface area (TPSA) is 89.5 Å². The van der Waals surface area contributed by atoms with Gasteiger partial charge in [-0.15, -0.1) is 12.4 Å². The Labute approximate surface area is 141 Å². The quantitative estimate of drug-likeness (QED) is 0.674. The van der Waals surface area contributed by atoms with Crippen molar-refractivity contribution in [2.45, 2.75) is 32.2 Å². The van der Waals surface area contributed by atoms with E-state index in [2.05, 4.69) is 0 Å². The number of rotatable bonds is 3. The minimum absolute atomic E-state index is 0. The van der Waals surface area contributed by atoms with Crippen LogP contribution < -0.4 is 5.73 Å². The van der Waals surface area contributed by atoms with Gasteiger partial charge < -0.3 is 10.6 Å². The highest BCUT2D eigenvalue weighted by Gasteiger charge is 2.42. The molecule has 7 heteroatoms. The van der Waals surface area contributed by atoms with Crippen LogP contribution in [0.4, 0.5) is 5.69 Å². The van der Waals surface area contributed by atoms with E-state index in [1.54, 1.807) is 19.1 Å². The zero-order valence-corrected chi connectivity index (χ0v) is 13.9. The molecule has 23 heavy (non-hydrogen) atoms. The molecule has 1 saturated heterocycles. The lowest BCUT2D eigenvalue weighted by atomic mass is 9.98. The van der Waals surface area contributed by atoms with Gasteiger partial charge in [0.05, 0.1) is 11.3 Å². The number of amides is 1. The molecule has 0 radical (unpaired) electrons. The number of hydrogen-bond donors (Lipinski definition) is 1. The third kappa shape index (κ3) is 3.33. The average Bonchev–Trinajstić information content (AvgIpc) is 3.03. The highest BCUT2D eigenvalue weighted by Crippen LogP contribution is 2.37. The zero-order valence-electron chi connectivity index (χ0n) is 13.1. The van der Waals surface area contributed by atoms with Gasteiger partial charge in [0.25, 0.3) is 5.69 Å². The lowest BCUT2D eigenvalue weighted by Gasteiger charge is -2.19. The van der Waals surface area contributed by atoms with Gasteiger partial charge >= 0.3 is 0 Å². The van der Waals surface area contributed by atoms with Crippen LogP contribution in [0.1, 0.15) is 24.0 Å². The van der Waals surface area contributed by atoms with E-state index in [4.69, 9.17) is 5.73 Å². The van der Waals surface area contributed by atoms with E-state index in [0.29, 0.717) is 17.4 Å². The minimum atomic E-state index is -0.400. The van der Waals surface area contributed by atoms with Crippen molar-refractivity contribution in [3.8, 4) is 0 Å². The van der Waals surface area contributed by atoms with Crippen LogP contribution in [0.2, 0.25) is 0 Å². The molecule has 2 fully saturated rings. The first-order valence-electron chi connectivity index (χ1n) is 7.73. The third-order valence-corrected chi connectivity index (χ3v) is 5.22. The number of benzene rings is 1. The maximum absolute atomic E-state index is 12.5. The van der Waals surface area contributed by atoms with E-state index in [1.165, 1.54) is 6.07 Å². The summed E-state index contributed by atoms with van der Waals surface area (Å²) in [4.78, 5) is 25.0. The molecule has 2 aliphatic rings. The number of nitro groups is 1. The number of nitrogens with zero attached hydrogens (tertiary/aromatic N) is 2. The van der Waals surface area contributed by atoms with Crippen molar-refractivity contribution in [3.63, 3.8) is 0 Å². The van der Waals surface area contributed by atoms with E-state index in [1.807, 2.05) is 4.90 Å². The molecule has 3 rings (SSSR count). The predicted molar refractivity (Wildman–Crippen MR) is 89.6 cm³/mol. The molecular formula is C16H22ClN3O3. The molecule has 2 N–H and O–H groups in total. The van der Waals surface area contributed by atoms with Crippen LogP contribution in [-0.4, -0.2) is 34.9 Å². The summed E-state index contributed by atoms with van der Waals surface area (Å²) in [6.07, 6.45) is 2.38. The summed E-state index contributed by atoms with van der Waals surface area (Å²) in [5.41, 5.74) is 7.49. The largest absolute Gasteiger partial charge is 0.342 e. The second-order valence-corrected chi connectivity index (χ2v) is 6.46. The van der Waals surface area contributed by atoms with Crippen molar-refractivity contribution < 1.29 is 9.72 Å². The molecule has 1 aromatic rings. The highest BCUT2D eigenvalue weighted by molar-refractivity contribution is 5.85. The van der Waals surface area contributed by atoms with Gasteiger partial charge in [-0.05, 0) is 37.2 Å². The maximum Gasteiger partial charge on any atom is 0.272 e. The summed E-state index contributed by atoms with van der Waals surface area (Å²) in [6, 6.07) is 5.12. The maximum atomic E-state index is 12.5. The fraction of sp³-hybridized carbons (Fsp3) is 0.562. The molecule has 1 aliphatic carbocycles. The Hall–Kier alpha value is -1.66. The van der Waals surface area contributed by atoms with Gasteiger partial charge in [-0.3, -0.25) is 14.9 Å². The number of carbonyl (C=O) groups is 1. The molecule has 1 aliphatic heterocycles. The summed E-state index contributed by atoms with van der Waals surface area (Å²) in [5, 5.41) is 11.0. The second-order valence-electron chi connectivity index (χ2n) is 6.46. The molecule has 1 amide bonds. The molecule has 0 bridgehead atoms. The molecule has 1 aromatic carbocycles. The van der Waals surface area contributed by atoms with Crippen LogP contribution >= 0.6 is 12.4 Å². The fourth-order valence-electron chi connectivity index (χ4n) is 3.85. The van der Waals surface area contributed by atoms with Crippen LogP contribution in [0.5, 0.6) is 0 Å². The molecule has 6 nitrogen and oxygen atoms in total. The average molecular weight is 340 g/mol. The van der Waals surface area contributed by atoms with E-state index in [-0.39, 0.29) is 36.5 Å². The monoisotopic (exact) mass is 339 g/mol. The minimum Gasteiger partial charge on any atom is -0.342 e. The molecule has 3 atom stereocenters. The number of likely N-dealkylation sites (tertiary alicyclic amines) is 1. The zero-order chi connectivity index (χ0) is 15.9. The predicted octanol–water partition coefficient (Wildman–Crippen LogP) is 2.06. The third-order valence-electron chi connectivity index (χ3n) is 5.22. The Morgan fingerprint density at radius 3 is 2.78 bits per heavy atom. The highest BCUT2D eigenvalue weighted by atomic mass is 35.5. The SMILES string of the molecule is Cc1c(CC(=O)N2CC3CCC(N)C3C2)cccc1[N+](=O)[O-].Cl. The molecule has 0 aromatic heterocycles. The lowest BCUT2D eigenvalue weighted by molar-refractivity contribution is -0.385. The normalized spacial score (nSPS) is 25.8. The van der Waals surface area contributed by atoms with Crippen molar-refractivity contribution >= 4 is 24.0 Å². The number of nitro benzene ring substituents is 1. The van der Waals surface area contributed by atoms with Crippen LogP contribution in [0.25, 0.3) is 0 Å². The van der Waals surface area contributed by atoms with Crippen molar-refractivity contribution in [2.75, 3.05) is 13.1 Å². The van der Waals surface area contributed by atoms with Crippen LogP contribution in [0, 0.1) is 28.9 Å². The summed E-state index contributed by atoms with van der Waals surface area (Å²) in [7, 11) is 0. The number of fused-ring (bicyclic) bond motifs is 1. The summed E-state index contributed by atoms with van der Waals surface area (Å²) < 4.78 is 0. The van der Waals surface area contributed by atoms with Gasteiger partial charge in [-0.2, -0.15) is 0 Å². The fourth-order valence-corrected chi connectivity index (χ4v) is 3.85. The first-order valence-corrected chi connectivity index (χ1v) is 7.73. The van der Waals surface area contributed by atoms with Crippen LogP contribution in [0.3, 0.4) is 0 Å². The van der Waals surface area contributed by atoms with Gasteiger partial charge in [0.2, 0.25) is 5.91 Å². The molecular weight excluding hydrogens is 318 g/mol. The molecule has 126 valence electrons. The van der Waals surface area contributed by atoms with Crippen molar-refractivity contribution in [3.05, 3.63) is 39.4 Å². The standard InChI is InChI=1S/C16H21N3O3.ClH/c1-10-11(3-2-4-15(10)19(21)22)7-16(20)18-8-12-5-6-14(17)13(12)9-18;/h2-4,12-14H,5-9,17H2,1H3;1H. The smallest absolute Gasteiger partial charge is 0.272 e. The van der Waals surface area contributed by atoms with Gasteiger partial charge in [-0.25, -0.2) is 0 Å². The van der Waals surface area contributed by atoms with Crippen molar-refractivity contribution in [1.29, 1.82) is 0 Å². The lowest BCUT2D eigenvalue weighted by Crippen LogP contribution is -2.34. The van der Waals surface area contributed by atoms with Gasteiger partial charge in [0.15, 0.2) is 0 Å². The molecule has 0 spiro atoms. The summed E-state index contributed by atoms with van der Waals surface area (Å²) >= 11 is 0. The Morgan fingerprint density at radius 1 is 1.39 bits per heavy atom. The van der Waals surface area contributed by atoms with E-state index in [9.17, 15) is 14.9 Å². The first kappa shape index (κ1) is 17.7. The van der Waals surface area contributed by atoms with Crippen molar-refractivity contribution in [1.82, 2.24) is 4.90 Å². The summed E-state index contributed by atoms with van der Waals surface area (Å²) in [6.45, 7) is 3.22. The Morgan fingerprint density at radius 2 is 2.13 bits per heavy atom. The van der Waals surface area contributed by atoms with Crippen molar-refractivity contribution in [2.24, 2.45) is 17.6 Å². The second kappa shape index (κ2) is 6.84. The number of halogens is 1. The summed E-state index contributed by atoms with van der Waals surface area (Å²) in [5.74, 6) is 1.01. The van der Waals surface area contributed by atoms with E-state index < -0.39 is 4.92 Å². The molecule has 3 unspecified atom stereocenters. The van der Waals surface area contributed by atoms with Crippen LogP contribution in [-0.2, 0) is 11.2 Å². The Balaban J connectivity index is 0.00000192. The first-order chi connectivity index (χ1) is 10.5. The van der Waals surface area contributed by atoms with E-state index in [0.717, 1.165) is 31.5 Å². The van der Waals surface area contributed by atoms with Gasteiger partial charge in [-0.1, -0.05) is 12.1 Å². The number of carbonyl (C=O) groups excluding carboxylic acids is 1. The van der Waals surface area contributed by atoms with E-state index >= 15 is 0 Å². The van der Waals surface area contributed by atoms with Crippen LogP contribution in [0.15, 0.2) is 18.2 Å². The Kier molecular flexibility index (Phi) is 5.26. The number of hydrogen-bond acceptors (Lipinski definition) is 4. The Bertz CT molecular complexity index is 623.